The second kappa shape index (κ2) is 7.75. The Bertz CT molecular complexity index is 626. The number of piperazine rings is 1. The van der Waals surface area contributed by atoms with E-state index in [2.05, 4.69) is 16.3 Å². The number of aryl methyl sites for hydroxylation is 1. The van der Waals surface area contributed by atoms with Gasteiger partial charge in [0.25, 0.3) is 0 Å². The summed E-state index contributed by atoms with van der Waals surface area (Å²) in [4.78, 5) is 3.58. The van der Waals surface area contributed by atoms with Gasteiger partial charge in [0.2, 0.25) is 0 Å². The number of halogens is 3. The van der Waals surface area contributed by atoms with Gasteiger partial charge in [0, 0.05) is 31.1 Å². The molecule has 1 fully saturated rings. The molecule has 0 aliphatic carbocycles. The summed E-state index contributed by atoms with van der Waals surface area (Å²) in [6.45, 7) is 5.87. The van der Waals surface area contributed by atoms with Crippen molar-refractivity contribution in [2.24, 2.45) is 0 Å². The van der Waals surface area contributed by atoms with Crippen molar-refractivity contribution in [3.63, 3.8) is 0 Å². The van der Waals surface area contributed by atoms with E-state index in [1.54, 1.807) is 17.4 Å². The van der Waals surface area contributed by atoms with Crippen molar-refractivity contribution in [1.82, 2.24) is 10.2 Å². The van der Waals surface area contributed by atoms with Crippen molar-refractivity contribution < 1.29 is 4.39 Å². The molecule has 1 saturated heterocycles. The lowest BCUT2D eigenvalue weighted by Gasteiger charge is -2.35. The second-order valence-corrected chi connectivity index (χ2v) is 7.08. The van der Waals surface area contributed by atoms with Gasteiger partial charge in [0.05, 0.1) is 10.4 Å². The monoisotopic (exact) mass is 360 g/mol. The topological polar surface area (TPSA) is 15.3 Å². The zero-order valence-corrected chi connectivity index (χ0v) is 14.7. The Hall–Kier alpha value is -0.650. The number of thiophene rings is 1. The van der Waals surface area contributed by atoms with Crippen molar-refractivity contribution in [1.29, 1.82) is 0 Å². The van der Waals surface area contributed by atoms with Crippen molar-refractivity contribution in [2.75, 3.05) is 26.2 Å². The number of nitrogens with one attached hydrogen (secondary N) is 1. The van der Waals surface area contributed by atoms with E-state index in [1.165, 1.54) is 10.9 Å². The van der Waals surface area contributed by atoms with Crippen LogP contribution in [0.25, 0.3) is 0 Å². The molecule has 2 heterocycles. The van der Waals surface area contributed by atoms with Crippen LogP contribution in [0.5, 0.6) is 0 Å². The summed E-state index contributed by atoms with van der Waals surface area (Å²) >= 11 is 7.70. The lowest BCUT2D eigenvalue weighted by Crippen LogP contribution is -2.45. The first-order valence-corrected chi connectivity index (χ1v) is 8.30. The fourth-order valence-electron chi connectivity index (χ4n) is 2.85. The van der Waals surface area contributed by atoms with Gasteiger partial charge < -0.3 is 5.32 Å². The fourth-order valence-corrected chi connectivity index (χ4v) is 4.07. The van der Waals surface area contributed by atoms with Gasteiger partial charge in [-0.05, 0) is 42.3 Å². The van der Waals surface area contributed by atoms with Crippen LogP contribution in [0.4, 0.5) is 4.39 Å². The molecule has 3 rings (SSSR count). The highest BCUT2D eigenvalue weighted by Gasteiger charge is 2.26. The predicted octanol–water partition coefficient (Wildman–Crippen LogP) is 4.27. The Balaban J connectivity index is 0.00000176. The quantitative estimate of drug-likeness (QED) is 0.879. The molecule has 2 aromatic rings. The number of hydrogen-bond donors (Lipinski definition) is 1. The van der Waals surface area contributed by atoms with Crippen molar-refractivity contribution in [3.8, 4) is 0 Å². The van der Waals surface area contributed by atoms with Crippen LogP contribution in [0.3, 0.4) is 0 Å². The molecule has 1 N–H and O–H groups in total. The lowest BCUT2D eigenvalue weighted by molar-refractivity contribution is 0.200. The van der Waals surface area contributed by atoms with E-state index in [0.29, 0.717) is 0 Å². The summed E-state index contributed by atoms with van der Waals surface area (Å²) < 4.78 is 14.5. The molecule has 120 valence electrons. The molecule has 0 radical (unpaired) electrons. The Labute approximate surface area is 145 Å². The zero-order valence-electron chi connectivity index (χ0n) is 12.3. The highest BCUT2D eigenvalue weighted by atomic mass is 35.5. The van der Waals surface area contributed by atoms with Gasteiger partial charge >= 0.3 is 0 Å². The lowest BCUT2D eigenvalue weighted by atomic mass is 9.98. The van der Waals surface area contributed by atoms with Crippen LogP contribution in [-0.2, 0) is 0 Å². The van der Waals surface area contributed by atoms with Gasteiger partial charge in [0.15, 0.2) is 0 Å². The van der Waals surface area contributed by atoms with Crippen LogP contribution >= 0.6 is 35.3 Å². The number of nitrogens with zero attached hydrogens (tertiary/aromatic N) is 1. The molecule has 1 aromatic heterocycles. The smallest absolute Gasteiger partial charge is 0.123 e. The Morgan fingerprint density at radius 2 is 1.95 bits per heavy atom. The molecule has 0 saturated carbocycles. The molecule has 1 atom stereocenters. The third-order valence-corrected chi connectivity index (χ3v) is 5.20. The van der Waals surface area contributed by atoms with Crippen LogP contribution in [0.2, 0.25) is 4.34 Å². The maximum atomic E-state index is 13.7. The number of benzene rings is 1. The summed E-state index contributed by atoms with van der Waals surface area (Å²) in [6.07, 6.45) is 0. The standard InChI is InChI=1S/C16H18ClFN2S.ClH/c1-11-2-3-12(18)10-13(11)16(14-4-5-15(17)21-14)20-8-6-19-7-9-20;/h2-5,10,16,19H,6-9H2,1H3;1H/t16-;/m0./s1. The van der Waals surface area contributed by atoms with E-state index in [4.69, 9.17) is 11.6 Å². The average Bonchev–Trinajstić information content (AvgIpc) is 2.90. The van der Waals surface area contributed by atoms with E-state index in [9.17, 15) is 4.39 Å². The zero-order chi connectivity index (χ0) is 14.8. The van der Waals surface area contributed by atoms with Gasteiger partial charge in [-0.3, -0.25) is 4.90 Å². The molecule has 1 aromatic carbocycles. The molecule has 2 nitrogen and oxygen atoms in total. The highest BCUT2D eigenvalue weighted by Crippen LogP contribution is 2.36. The fraction of sp³-hybridized carbons (Fsp3) is 0.375. The summed E-state index contributed by atoms with van der Waals surface area (Å²) in [5.74, 6) is -0.182. The molecular weight excluding hydrogens is 342 g/mol. The van der Waals surface area contributed by atoms with Crippen LogP contribution < -0.4 is 5.32 Å². The summed E-state index contributed by atoms with van der Waals surface area (Å²) in [5, 5.41) is 3.37. The maximum Gasteiger partial charge on any atom is 0.123 e. The Morgan fingerprint density at radius 1 is 1.23 bits per heavy atom. The number of rotatable bonds is 3. The third kappa shape index (κ3) is 3.81. The molecule has 1 aliphatic heterocycles. The van der Waals surface area contributed by atoms with Crippen molar-refractivity contribution in [3.05, 3.63) is 56.5 Å². The molecule has 0 bridgehead atoms. The molecular formula is C16H19Cl2FN2S. The molecule has 1 aliphatic rings. The first-order valence-electron chi connectivity index (χ1n) is 7.11. The normalized spacial score (nSPS) is 17.0. The minimum absolute atomic E-state index is 0. The maximum absolute atomic E-state index is 13.7. The van der Waals surface area contributed by atoms with Gasteiger partial charge in [-0.1, -0.05) is 17.7 Å². The van der Waals surface area contributed by atoms with E-state index < -0.39 is 0 Å². The van der Waals surface area contributed by atoms with E-state index >= 15 is 0 Å². The molecule has 0 amide bonds. The van der Waals surface area contributed by atoms with Gasteiger partial charge in [0.1, 0.15) is 5.82 Å². The minimum atomic E-state index is -0.182. The molecule has 0 spiro atoms. The van der Waals surface area contributed by atoms with E-state index in [0.717, 1.165) is 41.6 Å². The molecule has 0 unspecified atom stereocenters. The number of hydrogen-bond acceptors (Lipinski definition) is 3. The van der Waals surface area contributed by atoms with E-state index in [-0.39, 0.29) is 24.3 Å². The average molecular weight is 361 g/mol. The highest BCUT2D eigenvalue weighted by molar-refractivity contribution is 7.16. The Kier molecular flexibility index (Phi) is 6.24. The first kappa shape index (κ1) is 17.7. The van der Waals surface area contributed by atoms with Crippen molar-refractivity contribution >= 4 is 35.3 Å². The first-order chi connectivity index (χ1) is 10.1. The molecule has 6 heteroatoms. The van der Waals surface area contributed by atoms with Gasteiger partial charge in [-0.25, -0.2) is 4.39 Å². The van der Waals surface area contributed by atoms with Crippen molar-refractivity contribution in [2.45, 2.75) is 13.0 Å². The Morgan fingerprint density at radius 3 is 2.59 bits per heavy atom. The third-order valence-electron chi connectivity index (χ3n) is 3.92. The predicted molar refractivity (Wildman–Crippen MR) is 94.0 cm³/mol. The second-order valence-electron chi connectivity index (χ2n) is 5.33. The van der Waals surface area contributed by atoms with Gasteiger partial charge in [-0.15, -0.1) is 23.7 Å². The minimum Gasteiger partial charge on any atom is -0.314 e. The van der Waals surface area contributed by atoms with Crippen LogP contribution in [0.1, 0.15) is 22.0 Å². The van der Waals surface area contributed by atoms with E-state index in [1.807, 2.05) is 19.1 Å². The largest absolute Gasteiger partial charge is 0.314 e. The summed E-state index contributed by atoms with van der Waals surface area (Å²) in [5.41, 5.74) is 2.15. The summed E-state index contributed by atoms with van der Waals surface area (Å²) in [7, 11) is 0. The summed E-state index contributed by atoms with van der Waals surface area (Å²) in [6, 6.07) is 9.11. The van der Waals surface area contributed by atoms with Crippen LogP contribution in [-0.4, -0.2) is 31.1 Å². The SMILES string of the molecule is Cc1ccc(F)cc1[C@@H](c1ccc(Cl)s1)N1CCNCC1.Cl. The molecule has 22 heavy (non-hydrogen) atoms. The van der Waals surface area contributed by atoms with Gasteiger partial charge in [-0.2, -0.15) is 0 Å². The van der Waals surface area contributed by atoms with Crippen LogP contribution in [0, 0.1) is 12.7 Å². The van der Waals surface area contributed by atoms with Crippen LogP contribution in [0.15, 0.2) is 30.3 Å².